The molecule has 2 aromatic heterocycles. The average Bonchev–Trinajstić information content (AvgIpc) is 2.83. The molecule has 2 N–H and O–H groups in total. The lowest BCUT2D eigenvalue weighted by atomic mass is 10.0. The van der Waals surface area contributed by atoms with Crippen LogP contribution in [0.2, 0.25) is 5.02 Å². The molecule has 8 nitrogen and oxygen atoms in total. The van der Waals surface area contributed by atoms with E-state index in [1.807, 2.05) is 36.4 Å². The van der Waals surface area contributed by atoms with Crippen LogP contribution in [0.4, 0.5) is 11.6 Å². The largest absolute Gasteiger partial charge is 0.439 e. The maximum atomic E-state index is 13.3. The van der Waals surface area contributed by atoms with E-state index in [9.17, 15) is 9.90 Å². The van der Waals surface area contributed by atoms with Gasteiger partial charge in [-0.1, -0.05) is 29.8 Å². The topological polar surface area (TPSA) is 102 Å². The second kappa shape index (κ2) is 10.7. The number of hydrogen-bond donors (Lipinski definition) is 2. The van der Waals surface area contributed by atoms with Crippen LogP contribution in [0.5, 0.6) is 11.6 Å². The van der Waals surface area contributed by atoms with Crippen LogP contribution in [0, 0.1) is 0 Å². The van der Waals surface area contributed by atoms with Crippen LogP contribution in [-0.2, 0) is 13.0 Å². The van der Waals surface area contributed by atoms with Crippen molar-refractivity contribution in [3.05, 3.63) is 99.6 Å². The number of aromatic nitrogens is 4. The summed E-state index contributed by atoms with van der Waals surface area (Å²) >= 11 is 6.02. The number of nitrogens with zero attached hydrogens (tertiary/aromatic N) is 4. The number of nitrogens with one attached hydrogen (secondary N) is 1. The first-order valence-corrected chi connectivity index (χ1v) is 11.5. The predicted octanol–water partition coefficient (Wildman–Crippen LogP) is 4.97. The summed E-state index contributed by atoms with van der Waals surface area (Å²) in [6.07, 6.45) is 2.37. The maximum absolute atomic E-state index is 13.3. The van der Waals surface area contributed by atoms with Crippen LogP contribution in [0.3, 0.4) is 0 Å². The van der Waals surface area contributed by atoms with Gasteiger partial charge in [0, 0.05) is 23.0 Å². The molecule has 0 amide bonds. The second-order valence-corrected chi connectivity index (χ2v) is 9.16. The van der Waals surface area contributed by atoms with E-state index in [4.69, 9.17) is 16.3 Å². The molecule has 0 aliphatic heterocycles. The van der Waals surface area contributed by atoms with Crippen LogP contribution in [-0.4, -0.2) is 30.5 Å². The lowest BCUT2D eigenvalue weighted by Crippen LogP contribution is -2.30. The SMILES string of the molecule is CC(C)(O)CCc1nnc(Nc2ccc(Oc3ccccn3)cc2)n(Cc2ccc(Cl)cc2)c1=O. The van der Waals surface area contributed by atoms with Crippen molar-refractivity contribution in [2.75, 3.05) is 5.32 Å². The summed E-state index contributed by atoms with van der Waals surface area (Å²) < 4.78 is 7.27. The molecule has 0 saturated carbocycles. The molecular weight excluding hydrogens is 466 g/mol. The molecule has 0 saturated heterocycles. The Kier molecular flexibility index (Phi) is 7.43. The van der Waals surface area contributed by atoms with Crippen LogP contribution in [0.15, 0.2) is 77.7 Å². The monoisotopic (exact) mass is 491 g/mol. The number of benzene rings is 2. The lowest BCUT2D eigenvalue weighted by molar-refractivity contribution is 0.0709. The minimum Gasteiger partial charge on any atom is -0.439 e. The van der Waals surface area contributed by atoms with Gasteiger partial charge in [0.1, 0.15) is 11.4 Å². The first-order chi connectivity index (χ1) is 16.8. The van der Waals surface area contributed by atoms with Crippen LogP contribution >= 0.6 is 11.6 Å². The zero-order valence-electron chi connectivity index (χ0n) is 19.5. The number of ether oxygens (including phenoxy) is 1. The highest BCUT2D eigenvalue weighted by Gasteiger charge is 2.18. The number of aryl methyl sites for hydroxylation is 1. The Hall–Kier alpha value is -3.75. The van der Waals surface area contributed by atoms with Crippen LogP contribution in [0.1, 0.15) is 31.5 Å². The predicted molar refractivity (Wildman–Crippen MR) is 136 cm³/mol. The summed E-state index contributed by atoms with van der Waals surface area (Å²) in [6, 6.07) is 19.9. The van der Waals surface area contributed by atoms with Gasteiger partial charge in [0.25, 0.3) is 5.56 Å². The molecule has 180 valence electrons. The Morgan fingerprint density at radius 3 is 2.43 bits per heavy atom. The van der Waals surface area contributed by atoms with Gasteiger partial charge in [-0.05, 0) is 74.7 Å². The molecule has 0 radical (unpaired) electrons. The van der Waals surface area contributed by atoms with E-state index in [-0.39, 0.29) is 12.1 Å². The summed E-state index contributed by atoms with van der Waals surface area (Å²) in [5, 5.41) is 22.3. The Morgan fingerprint density at radius 1 is 1.03 bits per heavy atom. The van der Waals surface area contributed by atoms with Crippen LogP contribution < -0.4 is 15.6 Å². The summed E-state index contributed by atoms with van der Waals surface area (Å²) in [6.45, 7) is 3.68. The fourth-order valence-electron chi connectivity index (χ4n) is 3.31. The molecule has 4 aromatic rings. The fraction of sp³-hybridized carbons (Fsp3) is 0.231. The minimum atomic E-state index is -0.912. The molecule has 0 unspecified atom stereocenters. The quantitative estimate of drug-likeness (QED) is 0.340. The van der Waals surface area contributed by atoms with Gasteiger partial charge in [-0.3, -0.25) is 9.36 Å². The van der Waals surface area contributed by atoms with E-state index >= 15 is 0 Å². The molecule has 9 heteroatoms. The van der Waals surface area contributed by atoms with E-state index in [2.05, 4.69) is 20.5 Å². The van der Waals surface area contributed by atoms with Gasteiger partial charge in [-0.25, -0.2) is 4.98 Å². The number of pyridine rings is 1. The highest BCUT2D eigenvalue weighted by Crippen LogP contribution is 2.23. The van der Waals surface area contributed by atoms with E-state index in [1.165, 1.54) is 4.57 Å². The van der Waals surface area contributed by atoms with E-state index in [0.29, 0.717) is 46.8 Å². The number of halogens is 1. The van der Waals surface area contributed by atoms with Gasteiger partial charge in [0.2, 0.25) is 11.8 Å². The molecule has 4 rings (SSSR count). The van der Waals surface area contributed by atoms with Gasteiger partial charge in [0.05, 0.1) is 12.1 Å². The fourth-order valence-corrected chi connectivity index (χ4v) is 3.44. The molecule has 2 heterocycles. The van der Waals surface area contributed by atoms with E-state index in [0.717, 1.165) is 5.56 Å². The Bertz CT molecular complexity index is 1320. The Balaban J connectivity index is 1.59. The number of hydrogen-bond acceptors (Lipinski definition) is 7. The Labute approximate surface area is 208 Å². The standard InChI is InChI=1S/C26H26ClN5O3/c1-26(2,34)15-14-22-24(33)32(17-18-6-8-19(27)9-7-18)25(31-30-22)29-20-10-12-21(13-11-20)35-23-5-3-4-16-28-23/h3-13,16,34H,14-15,17H2,1-2H3,(H,29,31). The number of rotatable bonds is 9. The van der Waals surface area contributed by atoms with Crippen molar-refractivity contribution in [1.29, 1.82) is 0 Å². The van der Waals surface area contributed by atoms with Crippen LogP contribution in [0.25, 0.3) is 0 Å². The number of anilines is 2. The Morgan fingerprint density at radius 2 is 1.77 bits per heavy atom. The van der Waals surface area contributed by atoms with Crippen molar-refractivity contribution in [2.24, 2.45) is 0 Å². The highest BCUT2D eigenvalue weighted by molar-refractivity contribution is 6.30. The normalized spacial score (nSPS) is 11.3. The first-order valence-electron chi connectivity index (χ1n) is 11.2. The second-order valence-electron chi connectivity index (χ2n) is 8.72. The summed E-state index contributed by atoms with van der Waals surface area (Å²) in [7, 11) is 0. The molecule has 2 aromatic carbocycles. The summed E-state index contributed by atoms with van der Waals surface area (Å²) in [5.41, 5.74) is 0.717. The van der Waals surface area contributed by atoms with Crippen molar-refractivity contribution in [3.63, 3.8) is 0 Å². The van der Waals surface area contributed by atoms with Gasteiger partial charge < -0.3 is 15.2 Å². The van der Waals surface area contributed by atoms with E-state index in [1.54, 1.807) is 50.4 Å². The van der Waals surface area contributed by atoms with Gasteiger partial charge in [-0.15, -0.1) is 10.2 Å². The third-order valence-electron chi connectivity index (χ3n) is 5.21. The van der Waals surface area contributed by atoms with Gasteiger partial charge in [0.15, 0.2) is 0 Å². The third-order valence-corrected chi connectivity index (χ3v) is 5.46. The first kappa shape index (κ1) is 24.4. The summed E-state index contributed by atoms with van der Waals surface area (Å²) in [5.74, 6) is 1.42. The average molecular weight is 492 g/mol. The molecule has 35 heavy (non-hydrogen) atoms. The molecule has 0 atom stereocenters. The number of aliphatic hydroxyl groups is 1. The van der Waals surface area contributed by atoms with Crippen molar-refractivity contribution in [2.45, 2.75) is 38.8 Å². The van der Waals surface area contributed by atoms with Crippen molar-refractivity contribution < 1.29 is 9.84 Å². The maximum Gasteiger partial charge on any atom is 0.277 e. The zero-order chi connectivity index (χ0) is 24.8. The lowest BCUT2D eigenvalue weighted by Gasteiger charge is -2.17. The van der Waals surface area contributed by atoms with Gasteiger partial charge in [-0.2, -0.15) is 0 Å². The van der Waals surface area contributed by atoms with Crippen molar-refractivity contribution in [3.8, 4) is 11.6 Å². The van der Waals surface area contributed by atoms with Gasteiger partial charge >= 0.3 is 0 Å². The smallest absolute Gasteiger partial charge is 0.277 e. The minimum absolute atomic E-state index is 0.267. The zero-order valence-corrected chi connectivity index (χ0v) is 20.2. The van der Waals surface area contributed by atoms with E-state index < -0.39 is 5.60 Å². The van der Waals surface area contributed by atoms with Crippen molar-refractivity contribution in [1.82, 2.24) is 19.7 Å². The molecule has 0 aliphatic carbocycles. The summed E-state index contributed by atoms with van der Waals surface area (Å²) in [4.78, 5) is 17.5. The molecular formula is C26H26ClN5O3. The van der Waals surface area contributed by atoms with Crippen molar-refractivity contribution >= 4 is 23.2 Å². The molecule has 0 spiro atoms. The molecule has 0 bridgehead atoms. The molecule has 0 aliphatic rings. The highest BCUT2D eigenvalue weighted by atomic mass is 35.5. The third kappa shape index (κ3) is 6.88. The molecule has 0 fully saturated rings.